The molecule has 0 amide bonds. The Morgan fingerprint density at radius 2 is 1.93 bits per heavy atom. The second-order valence-corrected chi connectivity index (χ2v) is 4.00. The Morgan fingerprint density at radius 3 is 2.36 bits per heavy atom. The molecule has 0 saturated carbocycles. The van der Waals surface area contributed by atoms with E-state index in [0.717, 1.165) is 0 Å². The van der Waals surface area contributed by atoms with E-state index in [1.807, 2.05) is 13.8 Å². The van der Waals surface area contributed by atoms with E-state index in [0.29, 0.717) is 5.56 Å². The minimum atomic E-state index is -0.496. The van der Waals surface area contributed by atoms with Gasteiger partial charge in [-0.1, -0.05) is 43.1 Å². The molecule has 3 nitrogen and oxygen atoms in total. The third-order valence-corrected chi connectivity index (χ3v) is 2.70. The standard InChI is InChI=1S/C9H9Cl2NO2/c1-5(2)6-3-4-7(10)8(11)9(6)12(13)14/h3-5H,1-2H3. The smallest absolute Gasteiger partial charge is 0.258 e. The number of benzene rings is 1. The summed E-state index contributed by atoms with van der Waals surface area (Å²) >= 11 is 11.5. The number of halogens is 2. The largest absolute Gasteiger partial charge is 0.292 e. The van der Waals surface area contributed by atoms with E-state index in [2.05, 4.69) is 0 Å². The molecule has 0 aromatic heterocycles. The van der Waals surface area contributed by atoms with Gasteiger partial charge in [-0.2, -0.15) is 0 Å². The SMILES string of the molecule is CC(C)c1ccc(Cl)c(Cl)c1[N+](=O)[O-]. The molecule has 0 N–H and O–H groups in total. The highest BCUT2D eigenvalue weighted by atomic mass is 35.5. The third-order valence-electron chi connectivity index (χ3n) is 1.90. The van der Waals surface area contributed by atoms with E-state index in [9.17, 15) is 10.1 Å². The molecule has 0 aliphatic carbocycles. The second kappa shape index (κ2) is 4.15. The van der Waals surface area contributed by atoms with E-state index < -0.39 is 4.92 Å². The molecule has 1 aromatic rings. The molecule has 0 bridgehead atoms. The highest BCUT2D eigenvalue weighted by Gasteiger charge is 2.22. The summed E-state index contributed by atoms with van der Waals surface area (Å²) in [5.41, 5.74) is 0.513. The Hall–Kier alpha value is -0.800. The van der Waals surface area contributed by atoms with Crippen LogP contribution in [0.25, 0.3) is 0 Å². The van der Waals surface area contributed by atoms with Crippen molar-refractivity contribution in [2.45, 2.75) is 19.8 Å². The van der Waals surface area contributed by atoms with Crippen LogP contribution in [0.4, 0.5) is 5.69 Å². The van der Waals surface area contributed by atoms with Crippen LogP contribution in [0.2, 0.25) is 10.0 Å². The van der Waals surface area contributed by atoms with Gasteiger partial charge < -0.3 is 0 Å². The van der Waals surface area contributed by atoms with Crippen molar-refractivity contribution in [3.8, 4) is 0 Å². The zero-order valence-corrected chi connectivity index (χ0v) is 9.26. The normalized spacial score (nSPS) is 10.6. The summed E-state index contributed by atoms with van der Waals surface area (Å²) in [6.45, 7) is 3.74. The number of nitro benzene ring substituents is 1. The molecule has 1 aromatic carbocycles. The second-order valence-electron chi connectivity index (χ2n) is 3.21. The van der Waals surface area contributed by atoms with Crippen molar-refractivity contribution >= 4 is 28.9 Å². The van der Waals surface area contributed by atoms with Gasteiger partial charge in [-0.15, -0.1) is 0 Å². The van der Waals surface area contributed by atoms with Crippen LogP contribution in [0.5, 0.6) is 0 Å². The van der Waals surface area contributed by atoms with Crippen molar-refractivity contribution in [2.75, 3.05) is 0 Å². The Morgan fingerprint density at radius 1 is 1.36 bits per heavy atom. The lowest BCUT2D eigenvalue weighted by Crippen LogP contribution is -1.98. The van der Waals surface area contributed by atoms with Gasteiger partial charge in [0.1, 0.15) is 5.02 Å². The lowest BCUT2D eigenvalue weighted by atomic mass is 10.0. The highest BCUT2D eigenvalue weighted by molar-refractivity contribution is 6.43. The first-order valence-electron chi connectivity index (χ1n) is 4.07. The summed E-state index contributed by atoms with van der Waals surface area (Å²) < 4.78 is 0. The number of rotatable bonds is 2. The Labute approximate surface area is 91.8 Å². The van der Waals surface area contributed by atoms with Crippen LogP contribution in [-0.2, 0) is 0 Å². The minimum absolute atomic E-state index is 0.0165. The maximum atomic E-state index is 10.8. The number of hydrogen-bond donors (Lipinski definition) is 0. The molecule has 0 heterocycles. The van der Waals surface area contributed by atoms with Crippen LogP contribution in [0.15, 0.2) is 12.1 Å². The first kappa shape index (κ1) is 11.3. The van der Waals surface area contributed by atoms with Crippen molar-refractivity contribution in [3.63, 3.8) is 0 Å². The Balaban J connectivity index is 3.45. The molecule has 0 unspecified atom stereocenters. The van der Waals surface area contributed by atoms with Crippen LogP contribution in [0.3, 0.4) is 0 Å². The molecule has 0 aliphatic heterocycles. The van der Waals surface area contributed by atoms with Gasteiger partial charge in [0, 0.05) is 5.56 Å². The summed E-state index contributed by atoms with van der Waals surface area (Å²) in [5.74, 6) is 0.0465. The summed E-state index contributed by atoms with van der Waals surface area (Å²) in [4.78, 5) is 10.3. The van der Waals surface area contributed by atoms with E-state index in [1.54, 1.807) is 12.1 Å². The van der Waals surface area contributed by atoms with Crippen LogP contribution in [-0.4, -0.2) is 4.92 Å². The average molecular weight is 234 g/mol. The van der Waals surface area contributed by atoms with Crippen LogP contribution >= 0.6 is 23.2 Å². The Kier molecular flexibility index (Phi) is 3.34. The molecule has 0 spiro atoms. The number of nitro groups is 1. The number of nitrogens with zero attached hydrogens (tertiary/aromatic N) is 1. The molecule has 0 radical (unpaired) electrons. The van der Waals surface area contributed by atoms with Crippen molar-refractivity contribution in [3.05, 3.63) is 37.9 Å². The maximum Gasteiger partial charge on any atom is 0.292 e. The predicted molar refractivity (Wildman–Crippen MR) is 57.2 cm³/mol. The molecular weight excluding hydrogens is 225 g/mol. The maximum absolute atomic E-state index is 10.8. The van der Waals surface area contributed by atoms with Gasteiger partial charge in [-0.05, 0) is 12.0 Å². The first-order chi connectivity index (χ1) is 6.45. The van der Waals surface area contributed by atoms with Gasteiger partial charge in [0.15, 0.2) is 0 Å². The van der Waals surface area contributed by atoms with Crippen LogP contribution in [0, 0.1) is 10.1 Å². The predicted octanol–water partition coefficient (Wildman–Crippen LogP) is 4.03. The van der Waals surface area contributed by atoms with E-state index in [4.69, 9.17) is 23.2 Å². The first-order valence-corrected chi connectivity index (χ1v) is 4.83. The molecule has 5 heteroatoms. The van der Waals surface area contributed by atoms with Gasteiger partial charge in [-0.25, -0.2) is 0 Å². The quantitative estimate of drug-likeness (QED) is 0.572. The molecule has 14 heavy (non-hydrogen) atoms. The van der Waals surface area contributed by atoms with Crippen LogP contribution < -0.4 is 0 Å². The molecule has 0 fully saturated rings. The van der Waals surface area contributed by atoms with Gasteiger partial charge in [-0.3, -0.25) is 10.1 Å². The summed E-state index contributed by atoms with van der Waals surface area (Å²) in [6.07, 6.45) is 0. The molecular formula is C9H9Cl2NO2. The topological polar surface area (TPSA) is 43.1 Å². The van der Waals surface area contributed by atoms with Crippen molar-refractivity contribution in [1.29, 1.82) is 0 Å². The summed E-state index contributed by atoms with van der Waals surface area (Å²) in [7, 11) is 0. The van der Waals surface area contributed by atoms with Gasteiger partial charge in [0.05, 0.1) is 9.95 Å². The molecule has 76 valence electrons. The zero-order chi connectivity index (χ0) is 10.9. The number of hydrogen-bond acceptors (Lipinski definition) is 2. The third kappa shape index (κ3) is 1.99. The summed E-state index contributed by atoms with van der Waals surface area (Å²) in [6, 6.07) is 3.21. The van der Waals surface area contributed by atoms with E-state index in [1.165, 1.54) is 0 Å². The molecule has 1 rings (SSSR count). The van der Waals surface area contributed by atoms with Gasteiger partial charge >= 0.3 is 0 Å². The van der Waals surface area contributed by atoms with Crippen LogP contribution in [0.1, 0.15) is 25.3 Å². The average Bonchev–Trinajstić information content (AvgIpc) is 2.08. The van der Waals surface area contributed by atoms with Crippen molar-refractivity contribution < 1.29 is 4.92 Å². The summed E-state index contributed by atoms with van der Waals surface area (Å²) in [5, 5.41) is 11.0. The molecule has 0 aliphatic rings. The lowest BCUT2D eigenvalue weighted by Gasteiger charge is -2.08. The fraction of sp³-hybridized carbons (Fsp3) is 0.333. The lowest BCUT2D eigenvalue weighted by molar-refractivity contribution is -0.385. The van der Waals surface area contributed by atoms with E-state index in [-0.39, 0.29) is 21.7 Å². The van der Waals surface area contributed by atoms with Gasteiger partial charge in [0.2, 0.25) is 0 Å². The fourth-order valence-electron chi connectivity index (χ4n) is 1.21. The Bertz CT molecular complexity index is 377. The zero-order valence-electron chi connectivity index (χ0n) is 7.75. The molecule has 0 atom stereocenters. The fourth-order valence-corrected chi connectivity index (χ4v) is 1.60. The van der Waals surface area contributed by atoms with Crippen molar-refractivity contribution in [1.82, 2.24) is 0 Å². The van der Waals surface area contributed by atoms with Crippen molar-refractivity contribution in [2.24, 2.45) is 0 Å². The monoisotopic (exact) mass is 233 g/mol. The van der Waals surface area contributed by atoms with Gasteiger partial charge in [0.25, 0.3) is 5.69 Å². The van der Waals surface area contributed by atoms with E-state index >= 15 is 0 Å². The highest BCUT2D eigenvalue weighted by Crippen LogP contribution is 2.37. The molecule has 0 saturated heterocycles. The minimum Gasteiger partial charge on any atom is -0.258 e.